The van der Waals surface area contributed by atoms with E-state index < -0.39 is 0 Å². The van der Waals surface area contributed by atoms with Gasteiger partial charge in [0.15, 0.2) is 0 Å². The molecule has 0 fully saturated rings. The molecule has 0 saturated carbocycles. The van der Waals surface area contributed by atoms with Gasteiger partial charge in [-0.15, -0.1) is 0 Å². The molecule has 2 nitrogen and oxygen atoms in total. The Morgan fingerprint density at radius 2 is 1.07 bits per heavy atom. The molecule has 2 rings (SSSR count). The zero-order chi connectivity index (χ0) is 20.2. The fraction of sp³-hybridized carbons (Fsp3) is 0.429. The molecule has 0 bridgehead atoms. The molecule has 2 aromatic carbocycles. The van der Waals surface area contributed by atoms with E-state index in [4.69, 9.17) is 0 Å². The topological polar surface area (TPSA) is 40.5 Å². The van der Waals surface area contributed by atoms with E-state index in [2.05, 4.69) is 77.6 Å². The van der Waals surface area contributed by atoms with Crippen molar-refractivity contribution >= 4 is 63.7 Å². The summed E-state index contributed by atoms with van der Waals surface area (Å²) in [5.41, 5.74) is 1.96. The van der Waals surface area contributed by atoms with Crippen molar-refractivity contribution in [3.8, 4) is 11.5 Å². The summed E-state index contributed by atoms with van der Waals surface area (Å²) in [7, 11) is 0. The lowest BCUT2D eigenvalue weighted by atomic mass is 9.72. The number of halogens is 4. The molecule has 0 heterocycles. The number of unbranched alkanes of at least 4 members (excludes halogenated alkanes) is 4. The largest absolute Gasteiger partial charge is 0.506 e. The van der Waals surface area contributed by atoms with Gasteiger partial charge in [0.1, 0.15) is 11.5 Å². The molecule has 0 spiro atoms. The summed E-state index contributed by atoms with van der Waals surface area (Å²) in [5.74, 6) is 0.411. The summed E-state index contributed by atoms with van der Waals surface area (Å²) < 4.78 is 2.67. The van der Waals surface area contributed by atoms with Crippen molar-refractivity contribution in [3.05, 3.63) is 53.3 Å². The van der Waals surface area contributed by atoms with Crippen LogP contribution < -0.4 is 0 Å². The number of phenolic OH excluding ortho intramolecular Hbond substituents is 2. The molecule has 0 amide bonds. The maximum Gasteiger partial charge on any atom is 0.143 e. The molecule has 6 heteroatoms. The normalized spacial score (nSPS) is 11.8. The van der Waals surface area contributed by atoms with Crippen LogP contribution in [0.25, 0.3) is 0 Å². The minimum absolute atomic E-state index is 0.206. The van der Waals surface area contributed by atoms with Crippen molar-refractivity contribution < 1.29 is 10.2 Å². The quantitative estimate of drug-likeness (QED) is 0.287. The molecule has 0 aliphatic rings. The summed E-state index contributed by atoms with van der Waals surface area (Å²) in [6.07, 6.45) is 7.03. The van der Waals surface area contributed by atoms with E-state index in [0.29, 0.717) is 17.9 Å². The van der Waals surface area contributed by atoms with E-state index in [9.17, 15) is 10.2 Å². The molecule has 0 aliphatic carbocycles. The smallest absolute Gasteiger partial charge is 0.143 e. The first-order valence-electron chi connectivity index (χ1n) is 9.07. The Morgan fingerprint density at radius 3 is 1.44 bits per heavy atom. The van der Waals surface area contributed by atoms with E-state index in [1.54, 1.807) is 0 Å². The number of rotatable bonds is 8. The summed E-state index contributed by atoms with van der Waals surface area (Å²) in [6.45, 7) is 4.45. The molecule has 0 unspecified atom stereocenters. The van der Waals surface area contributed by atoms with Gasteiger partial charge in [-0.2, -0.15) is 0 Å². The summed E-state index contributed by atoms with van der Waals surface area (Å²) in [4.78, 5) is 0. The molecule has 0 saturated heterocycles. The molecule has 0 aliphatic heterocycles. The average Bonchev–Trinajstić information content (AvgIpc) is 2.62. The van der Waals surface area contributed by atoms with Crippen LogP contribution in [0.1, 0.15) is 63.5 Å². The lowest BCUT2D eigenvalue weighted by Crippen LogP contribution is -2.24. The highest BCUT2D eigenvalue weighted by molar-refractivity contribution is 9.11. The number of aromatic hydroxyl groups is 2. The van der Waals surface area contributed by atoms with E-state index in [1.807, 2.05) is 24.3 Å². The van der Waals surface area contributed by atoms with Gasteiger partial charge in [-0.1, -0.05) is 46.0 Å². The van der Waals surface area contributed by atoms with Crippen molar-refractivity contribution in [2.24, 2.45) is 0 Å². The van der Waals surface area contributed by atoms with E-state index in [-0.39, 0.29) is 16.9 Å². The Bertz CT molecular complexity index is 701. The predicted octanol–water partition coefficient (Wildman–Crippen LogP) is 8.81. The fourth-order valence-corrected chi connectivity index (χ4v) is 5.68. The first-order valence-corrected chi connectivity index (χ1v) is 12.2. The molecule has 0 atom stereocenters. The number of benzene rings is 2. The van der Waals surface area contributed by atoms with Gasteiger partial charge in [0.2, 0.25) is 0 Å². The van der Waals surface area contributed by atoms with Gasteiger partial charge in [-0.05, 0) is 106 Å². The van der Waals surface area contributed by atoms with E-state index >= 15 is 0 Å². The van der Waals surface area contributed by atoms with Crippen molar-refractivity contribution in [2.45, 2.75) is 57.8 Å². The number of hydrogen-bond donors (Lipinski definition) is 2. The molecule has 2 aromatic rings. The monoisotopic (exact) mass is 624 g/mol. The fourth-order valence-electron chi connectivity index (χ4n) is 3.31. The van der Waals surface area contributed by atoms with Gasteiger partial charge in [-0.25, -0.2) is 0 Å². The van der Waals surface area contributed by atoms with Crippen molar-refractivity contribution in [1.29, 1.82) is 0 Å². The second-order valence-corrected chi connectivity index (χ2v) is 10.5. The van der Waals surface area contributed by atoms with Gasteiger partial charge in [0.25, 0.3) is 0 Å². The first-order chi connectivity index (χ1) is 12.7. The molecular formula is C21H24Br4O2. The second-order valence-electron chi connectivity index (χ2n) is 7.07. The third-order valence-electron chi connectivity index (χ3n) is 5.09. The minimum atomic E-state index is -0.260. The highest BCUT2D eigenvalue weighted by Crippen LogP contribution is 2.45. The van der Waals surface area contributed by atoms with E-state index in [0.717, 1.165) is 24.0 Å². The molecule has 27 heavy (non-hydrogen) atoms. The summed E-state index contributed by atoms with van der Waals surface area (Å²) in [5, 5.41) is 20.2. The van der Waals surface area contributed by atoms with Crippen LogP contribution in [0.5, 0.6) is 11.5 Å². The lowest BCUT2D eigenvalue weighted by molar-refractivity contribution is 0.455. The minimum Gasteiger partial charge on any atom is -0.506 e. The third kappa shape index (κ3) is 5.52. The van der Waals surface area contributed by atoms with Crippen LogP contribution in [0.2, 0.25) is 0 Å². The Hall–Kier alpha value is -0.0400. The van der Waals surface area contributed by atoms with Crippen molar-refractivity contribution in [2.75, 3.05) is 0 Å². The number of phenols is 2. The van der Waals surface area contributed by atoms with Crippen LogP contribution in [-0.4, -0.2) is 10.2 Å². The average molecular weight is 628 g/mol. The lowest BCUT2D eigenvalue weighted by Gasteiger charge is -2.32. The Kier molecular flexibility index (Phi) is 8.72. The van der Waals surface area contributed by atoms with E-state index in [1.165, 1.54) is 25.7 Å². The molecule has 0 aromatic heterocycles. The summed E-state index contributed by atoms with van der Waals surface area (Å²) >= 11 is 13.9. The summed E-state index contributed by atoms with van der Waals surface area (Å²) in [6, 6.07) is 7.95. The predicted molar refractivity (Wildman–Crippen MR) is 127 cm³/mol. The van der Waals surface area contributed by atoms with Crippen molar-refractivity contribution in [3.63, 3.8) is 0 Å². The molecule has 2 N–H and O–H groups in total. The molecule has 148 valence electrons. The highest BCUT2D eigenvalue weighted by atomic mass is 79.9. The van der Waals surface area contributed by atoms with Gasteiger partial charge in [0, 0.05) is 5.41 Å². The number of hydrogen-bond acceptors (Lipinski definition) is 2. The molecular weight excluding hydrogens is 604 g/mol. The van der Waals surface area contributed by atoms with Crippen LogP contribution in [0, 0.1) is 0 Å². The van der Waals surface area contributed by atoms with Crippen LogP contribution in [0.15, 0.2) is 42.2 Å². The third-order valence-corrected chi connectivity index (χ3v) is 7.51. The van der Waals surface area contributed by atoms with Crippen LogP contribution in [0.3, 0.4) is 0 Å². The zero-order valence-electron chi connectivity index (χ0n) is 15.5. The second kappa shape index (κ2) is 10.1. The maximum atomic E-state index is 10.1. The van der Waals surface area contributed by atoms with Gasteiger partial charge in [0.05, 0.1) is 17.9 Å². The van der Waals surface area contributed by atoms with Crippen LogP contribution in [-0.2, 0) is 5.41 Å². The van der Waals surface area contributed by atoms with Gasteiger partial charge >= 0.3 is 0 Å². The molecule has 0 radical (unpaired) electrons. The van der Waals surface area contributed by atoms with Gasteiger partial charge < -0.3 is 10.2 Å². The SMILES string of the molecule is CCCCCCCC(C)(c1cc(Br)c(O)c(Br)c1)c1cc(Br)c(O)c(Br)c1. The Labute approximate surface area is 195 Å². The maximum absolute atomic E-state index is 10.1. The highest BCUT2D eigenvalue weighted by Gasteiger charge is 2.31. The van der Waals surface area contributed by atoms with Crippen LogP contribution >= 0.6 is 63.7 Å². The Balaban J connectivity index is 2.48. The van der Waals surface area contributed by atoms with Gasteiger partial charge in [-0.3, -0.25) is 0 Å². The standard InChI is InChI=1S/C21H24Br4O2/c1-3-4-5-6-7-8-21(2,13-9-15(22)19(26)16(23)10-13)14-11-17(24)20(27)18(25)12-14/h9-12,26-27H,3-8H2,1-2H3. The first kappa shape index (κ1) is 23.2. The zero-order valence-corrected chi connectivity index (χ0v) is 21.8. The Morgan fingerprint density at radius 1 is 0.704 bits per heavy atom. The van der Waals surface area contributed by atoms with Crippen molar-refractivity contribution in [1.82, 2.24) is 0 Å². The van der Waals surface area contributed by atoms with Crippen LogP contribution in [0.4, 0.5) is 0 Å².